The van der Waals surface area contributed by atoms with Gasteiger partial charge in [-0.1, -0.05) is 46.4 Å². The van der Waals surface area contributed by atoms with Crippen molar-refractivity contribution in [1.29, 1.82) is 0 Å². The Hall–Kier alpha value is -0.290. The molecule has 76 valence electrons. The fourth-order valence-electron chi connectivity index (χ4n) is 0.736. The van der Waals surface area contributed by atoms with Crippen LogP contribution in [-0.2, 0) is 3.79 Å². The molecule has 8 heteroatoms. The number of nitro groups is 1. The van der Waals surface area contributed by atoms with Crippen molar-refractivity contribution < 1.29 is 4.92 Å². The Morgan fingerprint density at radius 3 is 2.43 bits per heavy atom. The van der Waals surface area contributed by atoms with Crippen molar-refractivity contribution in [3.05, 3.63) is 33.1 Å². The molecule has 1 rings (SSSR count). The lowest BCUT2D eigenvalue weighted by Gasteiger charge is -2.11. The molecule has 1 aromatic rings. The lowest BCUT2D eigenvalue weighted by molar-refractivity contribution is -0.385. The van der Waals surface area contributed by atoms with Crippen molar-refractivity contribution in [3.8, 4) is 0 Å². The van der Waals surface area contributed by atoms with Gasteiger partial charge in [-0.05, 0) is 0 Å². The van der Waals surface area contributed by atoms with E-state index < -0.39 is 8.72 Å². The minimum absolute atomic E-state index is 0.0154. The summed E-state index contributed by atoms with van der Waals surface area (Å²) in [7, 11) is 0. The standard InChI is InChI=1S/C6H2Cl4N2O2/c7-5-4(6(8,9)10)1-3(2-11-5)12(13)14/h1-2H. The van der Waals surface area contributed by atoms with Crippen LogP contribution in [0.25, 0.3) is 0 Å². The predicted molar refractivity (Wildman–Crippen MR) is 55.1 cm³/mol. The van der Waals surface area contributed by atoms with E-state index in [2.05, 4.69) is 4.98 Å². The summed E-state index contributed by atoms with van der Waals surface area (Å²) in [6, 6.07) is 1.07. The summed E-state index contributed by atoms with van der Waals surface area (Å²) in [5.74, 6) is 0. The molecule has 14 heavy (non-hydrogen) atoms. The Bertz CT molecular complexity index is 377. The van der Waals surface area contributed by atoms with Crippen LogP contribution in [0.1, 0.15) is 5.56 Å². The summed E-state index contributed by atoms with van der Waals surface area (Å²) < 4.78 is -1.82. The van der Waals surface area contributed by atoms with Gasteiger partial charge in [0.25, 0.3) is 5.69 Å². The molecule has 0 unspecified atom stereocenters. The first-order chi connectivity index (χ1) is 6.32. The van der Waals surface area contributed by atoms with Gasteiger partial charge in [-0.3, -0.25) is 10.1 Å². The molecule has 0 amide bonds. The predicted octanol–water partition coefficient (Wildman–Crippen LogP) is 3.47. The van der Waals surface area contributed by atoms with Crippen LogP contribution in [0.15, 0.2) is 12.3 Å². The highest BCUT2D eigenvalue weighted by Crippen LogP contribution is 2.42. The molecule has 0 bridgehead atoms. The summed E-state index contributed by atoms with van der Waals surface area (Å²) in [6.45, 7) is 0. The zero-order valence-corrected chi connectivity index (χ0v) is 9.40. The fraction of sp³-hybridized carbons (Fsp3) is 0.167. The highest BCUT2D eigenvalue weighted by molar-refractivity contribution is 6.67. The number of hydrogen-bond acceptors (Lipinski definition) is 3. The monoisotopic (exact) mass is 274 g/mol. The van der Waals surface area contributed by atoms with Gasteiger partial charge in [-0.25, -0.2) is 4.98 Å². The van der Waals surface area contributed by atoms with E-state index in [0.717, 1.165) is 12.3 Å². The van der Waals surface area contributed by atoms with Crippen LogP contribution < -0.4 is 0 Å². The zero-order valence-electron chi connectivity index (χ0n) is 6.38. The van der Waals surface area contributed by atoms with Crippen molar-refractivity contribution in [2.24, 2.45) is 0 Å². The minimum atomic E-state index is -1.82. The second-order valence-corrected chi connectivity index (χ2v) is 4.93. The van der Waals surface area contributed by atoms with E-state index in [-0.39, 0.29) is 16.4 Å². The summed E-state index contributed by atoms with van der Waals surface area (Å²) in [5.41, 5.74) is -0.297. The van der Waals surface area contributed by atoms with E-state index in [0.29, 0.717) is 0 Å². The first kappa shape index (κ1) is 11.8. The third-order valence-electron chi connectivity index (χ3n) is 1.34. The lowest BCUT2D eigenvalue weighted by Crippen LogP contribution is -2.03. The minimum Gasteiger partial charge on any atom is -0.258 e. The Kier molecular flexibility index (Phi) is 3.42. The van der Waals surface area contributed by atoms with Crippen LogP contribution in [0.4, 0.5) is 5.69 Å². The van der Waals surface area contributed by atoms with Crippen LogP contribution in [0, 0.1) is 10.1 Å². The maximum atomic E-state index is 10.4. The Morgan fingerprint density at radius 2 is 2.00 bits per heavy atom. The van der Waals surface area contributed by atoms with Gasteiger partial charge >= 0.3 is 0 Å². The number of nitrogens with zero attached hydrogens (tertiary/aromatic N) is 2. The first-order valence-corrected chi connectivity index (χ1v) is 4.70. The van der Waals surface area contributed by atoms with Gasteiger partial charge in [0.05, 0.1) is 4.92 Å². The third-order valence-corrected chi connectivity index (χ3v) is 2.25. The summed E-state index contributed by atoms with van der Waals surface area (Å²) in [5, 5.41) is 10.3. The van der Waals surface area contributed by atoms with Crippen LogP contribution in [-0.4, -0.2) is 9.91 Å². The molecule has 0 aliphatic rings. The van der Waals surface area contributed by atoms with Crippen LogP contribution in [0.3, 0.4) is 0 Å². The summed E-state index contributed by atoms with van der Waals surface area (Å²) in [4.78, 5) is 13.3. The molecule has 0 spiro atoms. The second-order valence-electron chi connectivity index (χ2n) is 2.29. The summed E-state index contributed by atoms with van der Waals surface area (Å²) in [6.07, 6.45) is 0.988. The van der Waals surface area contributed by atoms with E-state index in [1.807, 2.05) is 0 Å². The Morgan fingerprint density at radius 1 is 1.43 bits per heavy atom. The Labute approximate surface area is 98.9 Å². The Balaban J connectivity index is 3.29. The second kappa shape index (κ2) is 4.06. The molecule has 0 aromatic carbocycles. The molecule has 0 radical (unpaired) electrons. The van der Waals surface area contributed by atoms with Gasteiger partial charge in [0.15, 0.2) is 0 Å². The number of hydrogen-bond donors (Lipinski definition) is 0. The number of rotatable bonds is 1. The molecule has 0 N–H and O–H groups in total. The average molecular weight is 276 g/mol. The molecule has 0 fully saturated rings. The quantitative estimate of drug-likeness (QED) is 0.341. The van der Waals surface area contributed by atoms with Gasteiger partial charge in [0.2, 0.25) is 3.79 Å². The van der Waals surface area contributed by atoms with Gasteiger partial charge < -0.3 is 0 Å². The maximum Gasteiger partial charge on any atom is 0.288 e. The number of halogens is 4. The molecule has 0 aliphatic carbocycles. The van der Waals surface area contributed by atoms with Gasteiger partial charge in [-0.2, -0.15) is 0 Å². The van der Waals surface area contributed by atoms with Crippen LogP contribution in [0.5, 0.6) is 0 Å². The van der Waals surface area contributed by atoms with E-state index in [9.17, 15) is 10.1 Å². The maximum absolute atomic E-state index is 10.4. The van der Waals surface area contributed by atoms with Crippen molar-refractivity contribution in [3.63, 3.8) is 0 Å². The van der Waals surface area contributed by atoms with Crippen molar-refractivity contribution in [1.82, 2.24) is 4.98 Å². The van der Waals surface area contributed by atoms with E-state index in [4.69, 9.17) is 46.4 Å². The number of pyridine rings is 1. The van der Waals surface area contributed by atoms with Crippen molar-refractivity contribution in [2.75, 3.05) is 0 Å². The third kappa shape index (κ3) is 2.60. The van der Waals surface area contributed by atoms with E-state index in [1.54, 1.807) is 0 Å². The van der Waals surface area contributed by atoms with Gasteiger partial charge in [-0.15, -0.1) is 0 Å². The molecule has 0 atom stereocenters. The summed E-state index contributed by atoms with van der Waals surface area (Å²) >= 11 is 22.2. The fourth-order valence-corrected chi connectivity index (χ4v) is 1.56. The first-order valence-electron chi connectivity index (χ1n) is 3.19. The van der Waals surface area contributed by atoms with Crippen LogP contribution >= 0.6 is 46.4 Å². The SMILES string of the molecule is O=[N+]([O-])c1cnc(Cl)c(C(Cl)(Cl)Cl)c1. The van der Waals surface area contributed by atoms with Crippen molar-refractivity contribution in [2.45, 2.75) is 3.79 Å². The molecule has 0 saturated heterocycles. The van der Waals surface area contributed by atoms with Crippen LogP contribution in [0.2, 0.25) is 5.15 Å². The molecule has 1 heterocycles. The lowest BCUT2D eigenvalue weighted by atomic mass is 10.3. The molecule has 0 saturated carbocycles. The average Bonchev–Trinajstić information content (AvgIpc) is 2.02. The number of alkyl halides is 3. The largest absolute Gasteiger partial charge is 0.288 e. The highest BCUT2D eigenvalue weighted by atomic mass is 35.6. The highest BCUT2D eigenvalue weighted by Gasteiger charge is 2.28. The van der Waals surface area contributed by atoms with E-state index >= 15 is 0 Å². The topological polar surface area (TPSA) is 56.0 Å². The molecule has 0 aliphatic heterocycles. The van der Waals surface area contributed by atoms with Gasteiger partial charge in [0, 0.05) is 11.6 Å². The van der Waals surface area contributed by atoms with E-state index in [1.165, 1.54) is 0 Å². The molecule has 4 nitrogen and oxygen atoms in total. The zero-order chi connectivity index (χ0) is 10.9. The van der Waals surface area contributed by atoms with Crippen molar-refractivity contribution >= 4 is 52.1 Å². The molecular weight excluding hydrogens is 274 g/mol. The van der Waals surface area contributed by atoms with Gasteiger partial charge in [0.1, 0.15) is 11.3 Å². The normalized spacial score (nSPS) is 11.4. The number of aromatic nitrogens is 1. The smallest absolute Gasteiger partial charge is 0.258 e. The molecule has 1 aromatic heterocycles. The molecular formula is C6H2Cl4N2O2.